The number of nitrogens with one attached hydrogen (secondary N) is 1. The van der Waals surface area contributed by atoms with Gasteiger partial charge >= 0.3 is 6.18 Å². The van der Waals surface area contributed by atoms with Gasteiger partial charge in [0.05, 0.1) is 28.5 Å². The Labute approximate surface area is 183 Å². The lowest BCUT2D eigenvalue weighted by atomic mass is 9.98. The average molecular weight is 477 g/mol. The van der Waals surface area contributed by atoms with Crippen molar-refractivity contribution >= 4 is 33.2 Å². The fourth-order valence-electron chi connectivity index (χ4n) is 3.34. The van der Waals surface area contributed by atoms with Crippen LogP contribution >= 0.6 is 11.6 Å². The van der Waals surface area contributed by atoms with Crippen molar-refractivity contribution < 1.29 is 31.1 Å². The number of hydrogen-bond acceptors (Lipinski definition) is 4. The average Bonchev–Trinajstić information content (AvgIpc) is 2.74. The molecule has 1 aliphatic heterocycles. The van der Waals surface area contributed by atoms with E-state index in [2.05, 4.69) is 5.32 Å². The number of ether oxygens (including phenoxy) is 1. The van der Waals surface area contributed by atoms with Crippen LogP contribution in [0.5, 0.6) is 5.75 Å². The fraction of sp³-hybridized carbons (Fsp3) is 0.350. The van der Waals surface area contributed by atoms with Gasteiger partial charge in [0.25, 0.3) is 0 Å². The van der Waals surface area contributed by atoms with Crippen LogP contribution in [-0.4, -0.2) is 38.8 Å². The molecule has 1 atom stereocenters. The summed E-state index contributed by atoms with van der Waals surface area (Å²) in [7, 11) is -2.36. The largest absolute Gasteiger partial charge is 0.497 e. The second-order valence-corrected chi connectivity index (χ2v) is 9.40. The quantitative estimate of drug-likeness (QED) is 0.693. The highest BCUT2D eigenvalue weighted by atomic mass is 35.5. The molecule has 31 heavy (non-hydrogen) atoms. The molecular formula is C20H20ClF3N2O4S. The Morgan fingerprint density at radius 3 is 2.48 bits per heavy atom. The lowest BCUT2D eigenvalue weighted by Crippen LogP contribution is -2.43. The summed E-state index contributed by atoms with van der Waals surface area (Å²) < 4.78 is 71.2. The third kappa shape index (κ3) is 5.31. The summed E-state index contributed by atoms with van der Waals surface area (Å²) in [5, 5.41) is 1.97. The topological polar surface area (TPSA) is 75.7 Å². The van der Waals surface area contributed by atoms with E-state index < -0.39 is 38.6 Å². The van der Waals surface area contributed by atoms with Crippen LogP contribution in [0.15, 0.2) is 47.4 Å². The van der Waals surface area contributed by atoms with E-state index >= 15 is 0 Å². The molecule has 0 aliphatic carbocycles. The van der Waals surface area contributed by atoms with Crippen LogP contribution in [0, 0.1) is 5.92 Å². The molecule has 168 valence electrons. The first kappa shape index (κ1) is 23.4. The van der Waals surface area contributed by atoms with E-state index in [0.29, 0.717) is 18.6 Å². The van der Waals surface area contributed by atoms with Gasteiger partial charge in [-0.15, -0.1) is 0 Å². The molecule has 11 heteroatoms. The summed E-state index contributed by atoms with van der Waals surface area (Å²) in [5.74, 6) is -0.743. The minimum atomic E-state index is -4.66. The molecule has 0 spiro atoms. The number of halogens is 4. The van der Waals surface area contributed by atoms with E-state index in [0.717, 1.165) is 12.1 Å². The molecule has 2 aromatic rings. The normalized spacial score (nSPS) is 17.9. The molecule has 3 rings (SSSR count). The third-order valence-corrected chi connectivity index (χ3v) is 7.20. The van der Waals surface area contributed by atoms with Gasteiger partial charge in [-0.3, -0.25) is 4.79 Å². The van der Waals surface area contributed by atoms with E-state index in [1.54, 1.807) is 0 Å². The molecule has 1 fully saturated rings. The van der Waals surface area contributed by atoms with Crippen molar-refractivity contribution in [3.63, 3.8) is 0 Å². The van der Waals surface area contributed by atoms with E-state index in [1.165, 1.54) is 41.7 Å². The summed E-state index contributed by atoms with van der Waals surface area (Å²) in [6.07, 6.45) is -3.80. The predicted octanol–water partition coefficient (Wildman–Crippen LogP) is 4.41. The maximum Gasteiger partial charge on any atom is 0.417 e. The Morgan fingerprint density at radius 2 is 1.87 bits per heavy atom. The first-order valence-corrected chi connectivity index (χ1v) is 11.2. The number of hydrogen-bond donors (Lipinski definition) is 1. The van der Waals surface area contributed by atoms with Crippen LogP contribution in [0.2, 0.25) is 5.02 Å². The number of amides is 1. The molecule has 1 heterocycles. The standard InChI is InChI=1S/C20H20ClF3N2O4S/c1-30-15-5-7-16(8-6-15)31(28,29)26-10-2-3-13(12-26)19(27)25-14-4-9-18(21)17(11-14)20(22,23)24/h4-9,11,13H,2-3,10,12H2,1H3,(H,25,27)/t13-/m1/s1. The number of benzene rings is 2. The van der Waals surface area contributed by atoms with Gasteiger partial charge in [0.1, 0.15) is 5.75 Å². The van der Waals surface area contributed by atoms with Crippen LogP contribution in [0.25, 0.3) is 0 Å². The number of piperidine rings is 1. The SMILES string of the molecule is COc1ccc(S(=O)(=O)N2CCC[C@@H](C(=O)Nc3ccc(Cl)c(C(F)(F)F)c3)C2)cc1. The molecule has 6 nitrogen and oxygen atoms in total. The summed E-state index contributed by atoms with van der Waals surface area (Å²) in [4.78, 5) is 12.7. The third-order valence-electron chi connectivity index (χ3n) is 4.99. The van der Waals surface area contributed by atoms with Crippen LogP contribution in [0.3, 0.4) is 0 Å². The molecule has 0 bridgehead atoms. The highest BCUT2D eigenvalue weighted by molar-refractivity contribution is 7.89. The van der Waals surface area contributed by atoms with Gasteiger partial charge < -0.3 is 10.1 Å². The minimum Gasteiger partial charge on any atom is -0.497 e. The molecule has 0 aromatic heterocycles. The molecule has 1 N–H and O–H groups in total. The molecule has 2 aromatic carbocycles. The van der Waals surface area contributed by atoms with Crippen molar-refractivity contribution in [1.29, 1.82) is 0 Å². The van der Waals surface area contributed by atoms with Gasteiger partial charge in [0.15, 0.2) is 0 Å². The number of alkyl halides is 3. The number of methoxy groups -OCH3 is 1. The van der Waals surface area contributed by atoms with Crippen molar-refractivity contribution in [3.05, 3.63) is 53.1 Å². The molecular weight excluding hydrogens is 457 g/mol. The van der Waals surface area contributed by atoms with E-state index in [4.69, 9.17) is 16.3 Å². The van der Waals surface area contributed by atoms with Crippen molar-refractivity contribution in [3.8, 4) is 5.75 Å². The number of anilines is 1. The summed E-state index contributed by atoms with van der Waals surface area (Å²) in [5.41, 5.74) is -1.11. The summed E-state index contributed by atoms with van der Waals surface area (Å²) in [6.45, 7) is 0.178. The van der Waals surface area contributed by atoms with Gasteiger partial charge in [-0.05, 0) is 55.3 Å². The van der Waals surface area contributed by atoms with Gasteiger partial charge in [0, 0.05) is 18.8 Å². The van der Waals surface area contributed by atoms with Gasteiger partial charge in [-0.2, -0.15) is 17.5 Å². The van der Waals surface area contributed by atoms with Crippen molar-refractivity contribution in [1.82, 2.24) is 4.31 Å². The lowest BCUT2D eigenvalue weighted by molar-refractivity contribution is -0.137. The maximum absolute atomic E-state index is 13.0. The molecule has 0 radical (unpaired) electrons. The zero-order valence-electron chi connectivity index (χ0n) is 16.4. The summed E-state index contributed by atoms with van der Waals surface area (Å²) in [6, 6.07) is 8.98. The maximum atomic E-state index is 13.0. The molecule has 1 amide bonds. The van der Waals surface area contributed by atoms with E-state index in [-0.39, 0.29) is 23.7 Å². The number of rotatable bonds is 5. The first-order valence-electron chi connectivity index (χ1n) is 9.34. The molecule has 0 unspecified atom stereocenters. The van der Waals surface area contributed by atoms with Crippen LogP contribution < -0.4 is 10.1 Å². The fourth-order valence-corrected chi connectivity index (χ4v) is 5.08. The first-order chi connectivity index (χ1) is 14.5. The molecule has 1 saturated heterocycles. The Morgan fingerprint density at radius 1 is 1.19 bits per heavy atom. The second kappa shape index (κ2) is 9.05. The Kier molecular flexibility index (Phi) is 6.82. The number of carbonyl (C=O) groups excluding carboxylic acids is 1. The van der Waals surface area contributed by atoms with Crippen LogP contribution in [0.1, 0.15) is 18.4 Å². The number of sulfonamides is 1. The smallest absolute Gasteiger partial charge is 0.417 e. The Hall–Kier alpha value is -2.30. The van der Waals surface area contributed by atoms with Crippen molar-refractivity contribution in [2.24, 2.45) is 5.92 Å². The van der Waals surface area contributed by atoms with E-state index in [1.807, 2.05) is 0 Å². The van der Waals surface area contributed by atoms with Gasteiger partial charge in [-0.1, -0.05) is 11.6 Å². The van der Waals surface area contributed by atoms with Gasteiger partial charge in [-0.25, -0.2) is 8.42 Å². The van der Waals surface area contributed by atoms with Crippen LogP contribution in [0.4, 0.5) is 18.9 Å². The van der Waals surface area contributed by atoms with Crippen LogP contribution in [-0.2, 0) is 21.0 Å². The highest BCUT2D eigenvalue weighted by Crippen LogP contribution is 2.36. The van der Waals surface area contributed by atoms with Crippen molar-refractivity contribution in [2.45, 2.75) is 23.9 Å². The van der Waals surface area contributed by atoms with E-state index in [9.17, 15) is 26.4 Å². The van der Waals surface area contributed by atoms with Gasteiger partial charge in [0.2, 0.25) is 15.9 Å². The zero-order valence-corrected chi connectivity index (χ0v) is 18.0. The van der Waals surface area contributed by atoms with Crippen molar-refractivity contribution in [2.75, 3.05) is 25.5 Å². The minimum absolute atomic E-state index is 0.0585. The number of nitrogens with zero attached hydrogens (tertiary/aromatic N) is 1. The monoisotopic (exact) mass is 476 g/mol. The number of carbonyl (C=O) groups is 1. The summed E-state index contributed by atoms with van der Waals surface area (Å²) >= 11 is 5.60. The predicted molar refractivity (Wildman–Crippen MR) is 110 cm³/mol. The zero-order chi connectivity index (χ0) is 22.8. The second-order valence-electron chi connectivity index (χ2n) is 7.06. The Bertz CT molecular complexity index is 1060. The lowest BCUT2D eigenvalue weighted by Gasteiger charge is -2.31. The molecule has 0 saturated carbocycles. The Balaban J connectivity index is 1.73. The molecule has 1 aliphatic rings. The highest BCUT2D eigenvalue weighted by Gasteiger charge is 2.35.